The van der Waals surface area contributed by atoms with E-state index in [4.69, 9.17) is 0 Å². The molecule has 3 N–H and O–H groups in total. The average molecular weight is 307 g/mol. The quantitative estimate of drug-likeness (QED) is 0.453. The Bertz CT molecular complexity index is 735. The standard InChI is InChI=1S/C13H9NO6S/c15-10-6-11(16)9(14(19)20)5-7(10)4-8(13(17)18)12-2-1-3-21-12/h1-6,15-16H,(H,17,18)/b8-4-. The van der Waals surface area contributed by atoms with Gasteiger partial charge >= 0.3 is 11.7 Å². The number of hydrogen-bond donors (Lipinski definition) is 3. The third kappa shape index (κ3) is 3.00. The molecule has 1 heterocycles. The van der Waals surface area contributed by atoms with Crippen molar-refractivity contribution in [2.75, 3.05) is 0 Å². The molecule has 0 bridgehead atoms. The topological polar surface area (TPSA) is 121 Å². The van der Waals surface area contributed by atoms with E-state index in [1.807, 2.05) is 0 Å². The van der Waals surface area contributed by atoms with Gasteiger partial charge < -0.3 is 15.3 Å². The second kappa shape index (κ2) is 5.63. The number of phenols is 2. The van der Waals surface area contributed by atoms with Gasteiger partial charge in [-0.2, -0.15) is 0 Å². The first-order chi connectivity index (χ1) is 9.90. The molecule has 8 heteroatoms. The molecule has 1 aromatic heterocycles. The van der Waals surface area contributed by atoms with Crippen molar-refractivity contribution in [2.24, 2.45) is 0 Å². The highest BCUT2D eigenvalue weighted by Crippen LogP contribution is 2.35. The Kier molecular flexibility index (Phi) is 3.90. The summed E-state index contributed by atoms with van der Waals surface area (Å²) in [6.07, 6.45) is 1.12. The average Bonchev–Trinajstić information content (AvgIpc) is 2.90. The highest BCUT2D eigenvalue weighted by atomic mass is 32.1. The summed E-state index contributed by atoms with van der Waals surface area (Å²) in [5, 5.41) is 40.7. The first-order valence-electron chi connectivity index (χ1n) is 5.59. The third-order valence-electron chi connectivity index (χ3n) is 2.64. The van der Waals surface area contributed by atoms with Crippen molar-refractivity contribution in [3.05, 3.63) is 50.2 Å². The molecule has 0 saturated carbocycles. The number of phenolic OH excluding ortho intramolecular Hbond substituents is 2. The highest BCUT2D eigenvalue weighted by Gasteiger charge is 2.19. The number of carboxylic acids is 1. The van der Waals surface area contributed by atoms with Crippen LogP contribution in [0.4, 0.5) is 5.69 Å². The number of carbonyl (C=O) groups is 1. The van der Waals surface area contributed by atoms with E-state index in [9.17, 15) is 30.2 Å². The van der Waals surface area contributed by atoms with Gasteiger partial charge in [0.15, 0.2) is 5.75 Å². The minimum absolute atomic E-state index is 0.0645. The lowest BCUT2D eigenvalue weighted by atomic mass is 10.1. The zero-order chi connectivity index (χ0) is 15.6. The molecule has 108 valence electrons. The number of nitrogens with zero attached hydrogens (tertiary/aromatic N) is 1. The van der Waals surface area contributed by atoms with E-state index in [-0.39, 0.29) is 11.1 Å². The van der Waals surface area contributed by atoms with Crippen LogP contribution in [0.1, 0.15) is 10.4 Å². The molecule has 0 aliphatic carbocycles. The number of benzene rings is 1. The first kappa shape index (κ1) is 14.5. The van der Waals surface area contributed by atoms with E-state index in [1.54, 1.807) is 17.5 Å². The minimum atomic E-state index is -1.23. The SMILES string of the molecule is O=C(O)/C(=C\c1cc([N+](=O)[O-])c(O)cc1O)c1cccs1. The van der Waals surface area contributed by atoms with Gasteiger partial charge in [-0.25, -0.2) is 4.79 Å². The number of carboxylic acid groups (broad SMARTS) is 1. The monoisotopic (exact) mass is 307 g/mol. The van der Waals surface area contributed by atoms with Crippen molar-refractivity contribution in [2.45, 2.75) is 0 Å². The molecule has 21 heavy (non-hydrogen) atoms. The van der Waals surface area contributed by atoms with Crippen LogP contribution in [0, 0.1) is 10.1 Å². The number of thiophene rings is 1. The fraction of sp³-hybridized carbons (Fsp3) is 0. The van der Waals surface area contributed by atoms with Gasteiger partial charge in [0.05, 0.1) is 10.5 Å². The lowest BCUT2D eigenvalue weighted by molar-refractivity contribution is -0.385. The Morgan fingerprint density at radius 1 is 1.29 bits per heavy atom. The van der Waals surface area contributed by atoms with Gasteiger partial charge in [-0.3, -0.25) is 10.1 Å². The van der Waals surface area contributed by atoms with Gasteiger partial charge in [-0.15, -0.1) is 11.3 Å². The number of hydrogen-bond acceptors (Lipinski definition) is 6. The maximum atomic E-state index is 11.3. The van der Waals surface area contributed by atoms with Crippen LogP contribution in [-0.4, -0.2) is 26.2 Å². The smallest absolute Gasteiger partial charge is 0.337 e. The second-order valence-corrected chi connectivity index (χ2v) is 4.95. The largest absolute Gasteiger partial charge is 0.507 e. The van der Waals surface area contributed by atoms with Gasteiger partial charge in [0, 0.05) is 22.6 Å². The van der Waals surface area contributed by atoms with E-state index in [0.29, 0.717) is 4.88 Å². The van der Waals surface area contributed by atoms with Crippen molar-refractivity contribution < 1.29 is 25.0 Å². The summed E-state index contributed by atoms with van der Waals surface area (Å²) in [6, 6.07) is 4.96. The summed E-state index contributed by atoms with van der Waals surface area (Å²) in [5.41, 5.74) is -0.791. The Morgan fingerprint density at radius 2 is 2.00 bits per heavy atom. The molecule has 0 fully saturated rings. The molecule has 2 aromatic rings. The van der Waals surface area contributed by atoms with Gasteiger partial charge in [0.25, 0.3) is 0 Å². The van der Waals surface area contributed by atoms with Crippen molar-refractivity contribution >= 4 is 34.6 Å². The summed E-state index contributed by atoms with van der Waals surface area (Å²) < 4.78 is 0. The number of aliphatic carboxylic acids is 1. The Hall–Kier alpha value is -2.87. The van der Waals surface area contributed by atoms with Gasteiger partial charge in [0.2, 0.25) is 0 Å². The van der Waals surface area contributed by atoms with Crippen LogP contribution in [0.3, 0.4) is 0 Å². The third-order valence-corrected chi connectivity index (χ3v) is 3.54. The normalized spacial score (nSPS) is 11.3. The first-order valence-corrected chi connectivity index (χ1v) is 6.47. The van der Waals surface area contributed by atoms with Crippen molar-refractivity contribution in [3.63, 3.8) is 0 Å². The van der Waals surface area contributed by atoms with E-state index >= 15 is 0 Å². The highest BCUT2D eigenvalue weighted by molar-refractivity contribution is 7.11. The molecule has 0 aliphatic rings. The summed E-state index contributed by atoms with van der Waals surface area (Å²) in [7, 11) is 0. The van der Waals surface area contributed by atoms with Gasteiger partial charge in [-0.1, -0.05) is 6.07 Å². The van der Waals surface area contributed by atoms with E-state index in [1.165, 1.54) is 11.3 Å². The number of aromatic hydroxyl groups is 2. The molecule has 0 unspecified atom stereocenters. The fourth-order valence-corrected chi connectivity index (χ4v) is 2.40. The molecule has 0 amide bonds. The molecule has 0 aliphatic heterocycles. The van der Waals surface area contributed by atoms with Crippen molar-refractivity contribution in [3.8, 4) is 11.5 Å². The summed E-state index contributed by atoms with van der Waals surface area (Å²) in [4.78, 5) is 21.7. The Morgan fingerprint density at radius 3 is 2.52 bits per heavy atom. The Labute approximate surface area is 122 Å². The molecule has 7 nitrogen and oxygen atoms in total. The summed E-state index contributed by atoms with van der Waals surface area (Å²) >= 11 is 1.18. The molecule has 2 rings (SSSR count). The van der Waals surface area contributed by atoms with Crippen LogP contribution in [0.2, 0.25) is 0 Å². The predicted molar refractivity (Wildman–Crippen MR) is 76.3 cm³/mol. The van der Waals surface area contributed by atoms with Crippen LogP contribution in [0.5, 0.6) is 11.5 Å². The van der Waals surface area contributed by atoms with E-state index in [0.717, 1.165) is 18.2 Å². The Balaban J connectivity index is 2.60. The molecule has 1 aromatic carbocycles. The van der Waals surface area contributed by atoms with E-state index < -0.39 is 28.1 Å². The molecule has 0 radical (unpaired) electrons. The van der Waals surface area contributed by atoms with Crippen LogP contribution in [0.25, 0.3) is 11.6 Å². The molecule has 0 saturated heterocycles. The van der Waals surface area contributed by atoms with Gasteiger partial charge in [-0.05, 0) is 17.5 Å². The second-order valence-electron chi connectivity index (χ2n) is 4.00. The maximum Gasteiger partial charge on any atom is 0.337 e. The van der Waals surface area contributed by atoms with Gasteiger partial charge in [0.1, 0.15) is 5.75 Å². The molecular formula is C13H9NO6S. The van der Waals surface area contributed by atoms with Crippen LogP contribution < -0.4 is 0 Å². The lowest BCUT2D eigenvalue weighted by Crippen LogP contribution is -1.98. The lowest BCUT2D eigenvalue weighted by Gasteiger charge is -2.04. The molecular weight excluding hydrogens is 298 g/mol. The van der Waals surface area contributed by atoms with Crippen molar-refractivity contribution in [1.82, 2.24) is 0 Å². The van der Waals surface area contributed by atoms with E-state index in [2.05, 4.69) is 0 Å². The maximum absolute atomic E-state index is 11.3. The fourth-order valence-electron chi connectivity index (χ4n) is 1.67. The molecule has 0 atom stereocenters. The van der Waals surface area contributed by atoms with Crippen molar-refractivity contribution in [1.29, 1.82) is 0 Å². The predicted octanol–water partition coefficient (Wildman–Crippen LogP) is 2.69. The minimum Gasteiger partial charge on any atom is -0.507 e. The number of rotatable bonds is 4. The zero-order valence-electron chi connectivity index (χ0n) is 10.4. The number of nitro benzene ring substituents is 1. The van der Waals surface area contributed by atoms with Crippen LogP contribution in [-0.2, 0) is 4.79 Å². The van der Waals surface area contributed by atoms with Crippen LogP contribution in [0.15, 0.2) is 29.6 Å². The zero-order valence-corrected chi connectivity index (χ0v) is 11.2. The summed E-state index contributed by atoms with van der Waals surface area (Å²) in [5.74, 6) is -2.37. The summed E-state index contributed by atoms with van der Waals surface area (Å²) in [6.45, 7) is 0. The number of nitro groups is 1. The van der Waals surface area contributed by atoms with Crippen LogP contribution >= 0.6 is 11.3 Å². The molecule has 0 spiro atoms.